The topological polar surface area (TPSA) is 50.4 Å². The number of rotatable bonds is 6. The number of aliphatic hydroxyl groups excluding tert-OH is 1. The summed E-state index contributed by atoms with van der Waals surface area (Å²) in [6.45, 7) is 0.242. The summed E-state index contributed by atoms with van der Waals surface area (Å²) in [4.78, 5) is 10.4. The van der Waals surface area contributed by atoms with Crippen LogP contribution in [-0.2, 0) is 6.42 Å². The lowest BCUT2D eigenvalue weighted by atomic mass is 10.1. The molecule has 0 amide bonds. The van der Waals surface area contributed by atoms with E-state index in [4.69, 9.17) is 9.52 Å². The molecule has 0 saturated carbocycles. The molecule has 0 radical (unpaired) electrons. The van der Waals surface area contributed by atoms with Crippen molar-refractivity contribution >= 4 is 6.29 Å². The molecule has 0 aliphatic heterocycles. The summed E-state index contributed by atoms with van der Waals surface area (Å²) < 4.78 is 4.95. The predicted molar refractivity (Wildman–Crippen MR) is 48.7 cm³/mol. The zero-order valence-corrected chi connectivity index (χ0v) is 7.53. The molecule has 1 N–H and O–H groups in total. The summed E-state index contributed by atoms with van der Waals surface area (Å²) in [5, 5.41) is 8.55. The lowest BCUT2D eigenvalue weighted by Crippen LogP contribution is -1.89. The zero-order chi connectivity index (χ0) is 9.52. The fourth-order valence-electron chi connectivity index (χ4n) is 1.26. The second-order valence-electron chi connectivity index (χ2n) is 2.96. The van der Waals surface area contributed by atoms with E-state index in [1.807, 2.05) is 6.07 Å². The van der Waals surface area contributed by atoms with Crippen molar-refractivity contribution in [3.63, 3.8) is 0 Å². The normalized spacial score (nSPS) is 10.2. The van der Waals surface area contributed by atoms with Crippen LogP contribution in [-0.4, -0.2) is 18.0 Å². The maximum Gasteiger partial charge on any atom is 0.185 e. The molecular formula is C10H14O3. The van der Waals surface area contributed by atoms with Crippen LogP contribution in [0.5, 0.6) is 0 Å². The van der Waals surface area contributed by atoms with E-state index in [1.165, 1.54) is 6.26 Å². The van der Waals surface area contributed by atoms with Gasteiger partial charge in [-0.25, -0.2) is 0 Å². The molecule has 3 heteroatoms. The van der Waals surface area contributed by atoms with Gasteiger partial charge in [0, 0.05) is 12.2 Å². The third-order valence-electron chi connectivity index (χ3n) is 1.99. The lowest BCUT2D eigenvalue weighted by molar-refractivity contribution is 0.109. The molecule has 0 fully saturated rings. The van der Waals surface area contributed by atoms with Gasteiger partial charge in [0.2, 0.25) is 0 Å². The van der Waals surface area contributed by atoms with E-state index >= 15 is 0 Å². The average Bonchev–Trinajstić information content (AvgIpc) is 2.60. The number of furan rings is 1. The molecular weight excluding hydrogens is 168 g/mol. The summed E-state index contributed by atoms with van der Waals surface area (Å²) in [5.41, 5.74) is 0.966. The van der Waals surface area contributed by atoms with E-state index in [9.17, 15) is 4.79 Å². The van der Waals surface area contributed by atoms with Crippen molar-refractivity contribution in [3.05, 3.63) is 23.7 Å². The minimum absolute atomic E-state index is 0.242. The van der Waals surface area contributed by atoms with Crippen molar-refractivity contribution in [3.8, 4) is 0 Å². The highest BCUT2D eigenvalue weighted by molar-refractivity contribution is 5.72. The number of carbonyl (C=O) groups is 1. The third kappa shape index (κ3) is 3.03. The first kappa shape index (κ1) is 9.99. The van der Waals surface area contributed by atoms with Crippen LogP contribution in [0.25, 0.3) is 0 Å². The van der Waals surface area contributed by atoms with Gasteiger partial charge >= 0.3 is 0 Å². The van der Waals surface area contributed by atoms with E-state index in [1.54, 1.807) is 0 Å². The molecule has 0 aliphatic carbocycles. The largest absolute Gasteiger partial charge is 0.461 e. The molecule has 1 aromatic rings. The fraction of sp³-hybridized carbons (Fsp3) is 0.500. The molecule has 1 heterocycles. The van der Waals surface area contributed by atoms with Gasteiger partial charge in [0.1, 0.15) is 0 Å². The van der Waals surface area contributed by atoms with E-state index in [0.717, 1.165) is 37.5 Å². The number of unbranched alkanes of at least 4 members (excludes halogenated alkanes) is 2. The van der Waals surface area contributed by atoms with Crippen molar-refractivity contribution in [1.29, 1.82) is 0 Å². The molecule has 0 aromatic carbocycles. The van der Waals surface area contributed by atoms with Gasteiger partial charge in [-0.3, -0.25) is 4.79 Å². The summed E-state index contributed by atoms with van der Waals surface area (Å²) in [7, 11) is 0. The maximum atomic E-state index is 10.4. The molecule has 0 unspecified atom stereocenters. The summed E-state index contributed by atoms with van der Waals surface area (Å²) >= 11 is 0. The Labute approximate surface area is 77.4 Å². The van der Waals surface area contributed by atoms with Crippen LogP contribution in [0.3, 0.4) is 0 Å². The maximum absolute atomic E-state index is 10.4. The molecule has 3 nitrogen and oxygen atoms in total. The van der Waals surface area contributed by atoms with Crippen LogP contribution < -0.4 is 0 Å². The number of carbonyl (C=O) groups excluding carboxylic acids is 1. The number of hydrogen-bond donors (Lipinski definition) is 1. The molecule has 0 spiro atoms. The van der Waals surface area contributed by atoms with Crippen LogP contribution >= 0.6 is 0 Å². The predicted octanol–water partition coefficient (Wildman–Crippen LogP) is 1.80. The van der Waals surface area contributed by atoms with Gasteiger partial charge in [-0.2, -0.15) is 0 Å². The van der Waals surface area contributed by atoms with Crippen molar-refractivity contribution in [2.24, 2.45) is 0 Å². The lowest BCUT2D eigenvalue weighted by Gasteiger charge is -1.97. The van der Waals surface area contributed by atoms with Crippen molar-refractivity contribution < 1.29 is 14.3 Å². The smallest absolute Gasteiger partial charge is 0.185 e. The van der Waals surface area contributed by atoms with Crippen LogP contribution in [0.2, 0.25) is 0 Å². The molecule has 13 heavy (non-hydrogen) atoms. The Balaban J connectivity index is 2.31. The molecule has 1 aromatic heterocycles. The minimum Gasteiger partial charge on any atom is -0.461 e. The Morgan fingerprint density at radius 2 is 2.23 bits per heavy atom. The Morgan fingerprint density at radius 3 is 2.92 bits per heavy atom. The van der Waals surface area contributed by atoms with Crippen molar-refractivity contribution in [1.82, 2.24) is 0 Å². The summed E-state index contributed by atoms with van der Waals surface area (Å²) in [6.07, 6.45) is 5.92. The molecule has 0 saturated heterocycles. The van der Waals surface area contributed by atoms with Gasteiger partial charge in [0.05, 0.1) is 6.26 Å². The van der Waals surface area contributed by atoms with Crippen LogP contribution in [0.4, 0.5) is 0 Å². The highest BCUT2D eigenvalue weighted by atomic mass is 16.3. The number of aldehydes is 1. The Morgan fingerprint density at radius 1 is 1.38 bits per heavy atom. The third-order valence-corrected chi connectivity index (χ3v) is 1.99. The molecule has 0 aliphatic rings. The van der Waals surface area contributed by atoms with Gasteiger partial charge in [-0.1, -0.05) is 6.42 Å². The van der Waals surface area contributed by atoms with Crippen LogP contribution in [0.1, 0.15) is 35.4 Å². The zero-order valence-electron chi connectivity index (χ0n) is 7.53. The minimum atomic E-state index is 0.242. The monoisotopic (exact) mass is 182 g/mol. The molecule has 1 rings (SSSR count). The molecule has 0 atom stereocenters. The Hall–Kier alpha value is -1.09. The van der Waals surface area contributed by atoms with Crippen LogP contribution in [0, 0.1) is 0 Å². The second kappa shape index (κ2) is 5.54. The fourth-order valence-corrected chi connectivity index (χ4v) is 1.26. The Kier molecular flexibility index (Phi) is 4.26. The van der Waals surface area contributed by atoms with Gasteiger partial charge in [-0.15, -0.1) is 0 Å². The molecule has 72 valence electrons. The highest BCUT2D eigenvalue weighted by Gasteiger charge is 2.03. The number of hydrogen-bond acceptors (Lipinski definition) is 3. The second-order valence-corrected chi connectivity index (χ2v) is 2.96. The first-order chi connectivity index (χ1) is 6.38. The summed E-state index contributed by atoms with van der Waals surface area (Å²) in [6, 6.07) is 1.82. The quantitative estimate of drug-likeness (QED) is 0.539. The molecule has 0 bridgehead atoms. The van der Waals surface area contributed by atoms with Crippen molar-refractivity contribution in [2.75, 3.05) is 6.61 Å². The first-order valence-electron chi connectivity index (χ1n) is 4.51. The average molecular weight is 182 g/mol. The highest BCUT2D eigenvalue weighted by Crippen LogP contribution is 2.11. The van der Waals surface area contributed by atoms with Gasteiger partial charge in [-0.05, 0) is 25.3 Å². The van der Waals surface area contributed by atoms with Crippen molar-refractivity contribution in [2.45, 2.75) is 25.7 Å². The number of aliphatic hydroxyl groups is 1. The van der Waals surface area contributed by atoms with E-state index < -0.39 is 0 Å². The Bertz CT molecular complexity index is 252. The standard InChI is InChI=1S/C10H14O3/c11-6-3-1-2-4-9-5-7-13-10(9)8-12/h5,7-8,11H,1-4,6H2. The summed E-state index contributed by atoms with van der Waals surface area (Å²) in [5.74, 6) is 0.434. The SMILES string of the molecule is O=Cc1occc1CCCCCO. The van der Waals surface area contributed by atoms with Gasteiger partial charge in [0.15, 0.2) is 12.0 Å². The van der Waals surface area contributed by atoms with E-state index in [2.05, 4.69) is 0 Å². The van der Waals surface area contributed by atoms with Gasteiger partial charge < -0.3 is 9.52 Å². The van der Waals surface area contributed by atoms with E-state index in [0.29, 0.717) is 5.76 Å². The first-order valence-corrected chi connectivity index (χ1v) is 4.51. The van der Waals surface area contributed by atoms with E-state index in [-0.39, 0.29) is 6.61 Å². The van der Waals surface area contributed by atoms with Crippen LogP contribution in [0.15, 0.2) is 16.7 Å². The van der Waals surface area contributed by atoms with Gasteiger partial charge in [0.25, 0.3) is 0 Å². The number of aryl methyl sites for hydroxylation is 1.